The lowest BCUT2D eigenvalue weighted by molar-refractivity contribution is -0.148. The van der Waals surface area contributed by atoms with Crippen molar-refractivity contribution >= 4 is 11.9 Å². The smallest absolute Gasteiger partial charge is 0.309 e. The van der Waals surface area contributed by atoms with Crippen molar-refractivity contribution in [3.05, 3.63) is 0 Å². The summed E-state index contributed by atoms with van der Waals surface area (Å²) in [6.07, 6.45) is 4.20. The van der Waals surface area contributed by atoms with Crippen molar-refractivity contribution in [2.75, 3.05) is 0 Å². The molecule has 1 atom stereocenters. The lowest BCUT2D eigenvalue weighted by Gasteiger charge is -2.20. The highest BCUT2D eigenvalue weighted by Gasteiger charge is 2.27. The molecule has 0 fully saturated rings. The van der Waals surface area contributed by atoms with Gasteiger partial charge in [-0.1, -0.05) is 12.8 Å². The Morgan fingerprint density at radius 1 is 0.810 bits per heavy atom. The molecule has 124 valence electrons. The minimum Gasteiger partial charge on any atom is -0.481 e. The molecule has 0 spiro atoms. The zero-order valence-electron chi connectivity index (χ0n) is 13.7. The van der Waals surface area contributed by atoms with Crippen LogP contribution >= 0.6 is 0 Å². The predicted molar refractivity (Wildman–Crippen MR) is 81.2 cm³/mol. The van der Waals surface area contributed by atoms with E-state index in [1.807, 2.05) is 0 Å². The maximum absolute atomic E-state index is 10.9. The molecule has 3 N–H and O–H groups in total. The van der Waals surface area contributed by atoms with Crippen molar-refractivity contribution in [1.29, 1.82) is 0 Å². The minimum atomic E-state index is -0.812. The molecule has 0 rings (SSSR count). The van der Waals surface area contributed by atoms with E-state index < -0.39 is 28.9 Å². The monoisotopic (exact) mass is 302 g/mol. The molecule has 0 aromatic carbocycles. The molecule has 0 saturated heterocycles. The third kappa shape index (κ3) is 8.05. The van der Waals surface area contributed by atoms with Crippen molar-refractivity contribution in [2.45, 2.75) is 78.7 Å². The van der Waals surface area contributed by atoms with Gasteiger partial charge in [-0.05, 0) is 59.8 Å². The summed E-state index contributed by atoms with van der Waals surface area (Å²) in [5.41, 5.74) is -1.46. The summed E-state index contributed by atoms with van der Waals surface area (Å²) in [5, 5.41) is 27.8. The normalized spacial score (nSPS) is 14.0. The van der Waals surface area contributed by atoms with E-state index in [4.69, 9.17) is 10.2 Å². The van der Waals surface area contributed by atoms with Gasteiger partial charge in [0.1, 0.15) is 0 Å². The van der Waals surface area contributed by atoms with Gasteiger partial charge in [0.15, 0.2) is 0 Å². The Morgan fingerprint density at radius 3 is 1.62 bits per heavy atom. The van der Waals surface area contributed by atoms with E-state index in [9.17, 15) is 14.7 Å². The molecule has 0 bridgehead atoms. The van der Waals surface area contributed by atoms with Crippen LogP contribution in [0.15, 0.2) is 0 Å². The highest BCUT2D eigenvalue weighted by molar-refractivity contribution is 5.73. The fraction of sp³-hybridized carbons (Fsp3) is 0.875. The summed E-state index contributed by atoms with van der Waals surface area (Å²) < 4.78 is 0. The minimum absolute atomic E-state index is 0.428. The summed E-state index contributed by atoms with van der Waals surface area (Å²) in [6.45, 7) is 6.80. The standard InChI is InChI=1S/C16H30O5/c1-15(2,13(18)19)10-6-5-8-12(17)9-7-11-16(3,4)14(20)21/h12,17H,5-11H2,1-4H3,(H,18,19)(H,20,21). The predicted octanol–water partition coefficient (Wildman–Crippen LogP) is 3.30. The average molecular weight is 302 g/mol. The van der Waals surface area contributed by atoms with Gasteiger partial charge in [0, 0.05) is 0 Å². The second-order valence-electron chi connectivity index (χ2n) is 7.17. The fourth-order valence-electron chi connectivity index (χ4n) is 2.08. The number of hydrogen-bond acceptors (Lipinski definition) is 3. The molecule has 5 nitrogen and oxygen atoms in total. The number of carbonyl (C=O) groups is 2. The van der Waals surface area contributed by atoms with Gasteiger partial charge < -0.3 is 15.3 Å². The Hall–Kier alpha value is -1.10. The highest BCUT2D eigenvalue weighted by Crippen LogP contribution is 2.26. The number of aliphatic hydroxyl groups excluding tert-OH is 1. The van der Waals surface area contributed by atoms with Gasteiger partial charge in [-0.2, -0.15) is 0 Å². The van der Waals surface area contributed by atoms with Gasteiger partial charge in [0.25, 0.3) is 0 Å². The Balaban J connectivity index is 3.80. The second kappa shape index (κ2) is 8.37. The first-order valence-corrected chi connectivity index (χ1v) is 7.64. The fourth-order valence-corrected chi connectivity index (χ4v) is 2.08. The summed E-state index contributed by atoms with van der Waals surface area (Å²) >= 11 is 0. The topological polar surface area (TPSA) is 94.8 Å². The molecule has 0 radical (unpaired) electrons. The lowest BCUT2D eigenvalue weighted by Crippen LogP contribution is -2.24. The van der Waals surface area contributed by atoms with Gasteiger partial charge in [-0.25, -0.2) is 0 Å². The summed E-state index contributed by atoms with van der Waals surface area (Å²) in [4.78, 5) is 21.9. The molecule has 0 aliphatic rings. The molecule has 0 saturated carbocycles. The molecule has 0 aliphatic carbocycles. The largest absolute Gasteiger partial charge is 0.481 e. The van der Waals surface area contributed by atoms with Crippen molar-refractivity contribution in [1.82, 2.24) is 0 Å². The first kappa shape index (κ1) is 19.9. The SMILES string of the molecule is CC(C)(CCCCC(O)CCCC(C)(C)C(=O)O)C(=O)O. The average Bonchev–Trinajstić information content (AvgIpc) is 2.34. The number of unbranched alkanes of at least 4 members (excludes halogenated alkanes) is 1. The van der Waals surface area contributed by atoms with Crippen LogP contribution in [0.1, 0.15) is 72.6 Å². The van der Waals surface area contributed by atoms with Crippen molar-refractivity contribution in [2.24, 2.45) is 10.8 Å². The van der Waals surface area contributed by atoms with E-state index in [0.29, 0.717) is 32.1 Å². The van der Waals surface area contributed by atoms with Crippen LogP contribution in [0.5, 0.6) is 0 Å². The van der Waals surface area contributed by atoms with Gasteiger partial charge in [-0.3, -0.25) is 9.59 Å². The number of hydrogen-bond donors (Lipinski definition) is 3. The van der Waals surface area contributed by atoms with Gasteiger partial charge in [0.2, 0.25) is 0 Å². The number of aliphatic hydroxyl groups is 1. The maximum atomic E-state index is 10.9. The van der Waals surface area contributed by atoms with Gasteiger partial charge >= 0.3 is 11.9 Å². The van der Waals surface area contributed by atoms with E-state index >= 15 is 0 Å². The summed E-state index contributed by atoms with van der Waals surface area (Å²) in [5.74, 6) is -1.60. The molecule has 5 heteroatoms. The molecule has 0 heterocycles. The number of carboxylic acids is 2. The van der Waals surface area contributed by atoms with E-state index in [0.717, 1.165) is 12.8 Å². The first-order valence-electron chi connectivity index (χ1n) is 7.64. The second-order valence-corrected chi connectivity index (χ2v) is 7.17. The van der Waals surface area contributed by atoms with Crippen LogP contribution in [0.4, 0.5) is 0 Å². The molecule has 0 aliphatic heterocycles. The summed E-state index contributed by atoms with van der Waals surface area (Å²) in [7, 11) is 0. The number of rotatable bonds is 11. The van der Waals surface area contributed by atoms with Crippen LogP contribution in [0.25, 0.3) is 0 Å². The van der Waals surface area contributed by atoms with Crippen LogP contribution < -0.4 is 0 Å². The quantitative estimate of drug-likeness (QED) is 0.509. The van der Waals surface area contributed by atoms with E-state index in [2.05, 4.69) is 0 Å². The van der Waals surface area contributed by atoms with Gasteiger partial charge in [-0.15, -0.1) is 0 Å². The first-order chi connectivity index (χ1) is 9.49. The van der Waals surface area contributed by atoms with Crippen molar-refractivity contribution < 1.29 is 24.9 Å². The molecule has 0 aromatic rings. The molecule has 1 unspecified atom stereocenters. The van der Waals surface area contributed by atoms with Crippen LogP contribution in [0.3, 0.4) is 0 Å². The number of carboxylic acid groups (broad SMARTS) is 2. The molecule has 0 amide bonds. The third-order valence-electron chi connectivity index (χ3n) is 4.09. The zero-order chi connectivity index (χ0) is 16.7. The maximum Gasteiger partial charge on any atom is 0.309 e. The molecular weight excluding hydrogens is 272 g/mol. The van der Waals surface area contributed by atoms with E-state index in [-0.39, 0.29) is 0 Å². The zero-order valence-corrected chi connectivity index (χ0v) is 13.7. The van der Waals surface area contributed by atoms with Crippen LogP contribution in [-0.4, -0.2) is 33.4 Å². The lowest BCUT2D eigenvalue weighted by atomic mass is 9.85. The van der Waals surface area contributed by atoms with Crippen LogP contribution in [-0.2, 0) is 9.59 Å². The van der Waals surface area contributed by atoms with E-state index in [1.54, 1.807) is 27.7 Å². The Labute approximate surface area is 127 Å². The summed E-state index contributed by atoms with van der Waals surface area (Å²) in [6, 6.07) is 0. The van der Waals surface area contributed by atoms with Crippen LogP contribution in [0, 0.1) is 10.8 Å². The van der Waals surface area contributed by atoms with Crippen LogP contribution in [0.2, 0.25) is 0 Å². The molecule has 21 heavy (non-hydrogen) atoms. The van der Waals surface area contributed by atoms with Crippen molar-refractivity contribution in [3.63, 3.8) is 0 Å². The Kier molecular flexibility index (Phi) is 7.93. The molecular formula is C16H30O5. The van der Waals surface area contributed by atoms with Crippen molar-refractivity contribution in [3.8, 4) is 0 Å². The number of aliphatic carboxylic acids is 2. The Bertz CT molecular complexity index is 347. The molecule has 0 aromatic heterocycles. The highest BCUT2D eigenvalue weighted by atomic mass is 16.4. The third-order valence-corrected chi connectivity index (χ3v) is 4.09. The van der Waals surface area contributed by atoms with E-state index in [1.165, 1.54) is 0 Å². The Morgan fingerprint density at radius 2 is 1.19 bits per heavy atom. The van der Waals surface area contributed by atoms with Gasteiger partial charge in [0.05, 0.1) is 16.9 Å².